The summed E-state index contributed by atoms with van der Waals surface area (Å²) >= 11 is 0. The molecule has 3 unspecified atom stereocenters. The molecular weight excluding hydrogens is 494 g/mol. The van der Waals surface area contributed by atoms with Gasteiger partial charge < -0.3 is 25.4 Å². The van der Waals surface area contributed by atoms with E-state index in [1.54, 1.807) is 37.8 Å². The molecule has 0 saturated carbocycles. The van der Waals surface area contributed by atoms with E-state index in [4.69, 9.17) is 4.74 Å². The summed E-state index contributed by atoms with van der Waals surface area (Å²) in [6, 6.07) is 13.8. The molecule has 0 saturated heterocycles. The summed E-state index contributed by atoms with van der Waals surface area (Å²) in [5, 5.41) is 15.7. The molecule has 0 fully saturated rings. The summed E-state index contributed by atoms with van der Waals surface area (Å²) in [6.45, 7) is 11.6. The Hall–Kier alpha value is -3.55. The molecule has 0 bridgehead atoms. The molecule has 0 aliphatic rings. The monoisotopic (exact) mass is 539 g/mol. The molecule has 3 amide bonds. The van der Waals surface area contributed by atoms with Crippen molar-refractivity contribution in [2.75, 3.05) is 6.54 Å². The predicted octanol–water partition coefficient (Wildman–Crippen LogP) is 5.50. The van der Waals surface area contributed by atoms with E-state index in [9.17, 15) is 19.5 Å². The second-order valence-corrected chi connectivity index (χ2v) is 11.0. The second-order valence-electron chi connectivity index (χ2n) is 11.0. The minimum absolute atomic E-state index is 0.0669. The first-order valence-electron chi connectivity index (χ1n) is 13.9. The maximum atomic E-state index is 14.3. The summed E-state index contributed by atoms with van der Waals surface area (Å²) in [5.74, 6) is -0.617. The number of nitrogens with zero attached hydrogens (tertiary/aromatic N) is 1. The van der Waals surface area contributed by atoms with E-state index < -0.39 is 23.8 Å². The Morgan fingerprint density at radius 2 is 1.59 bits per heavy atom. The molecule has 3 atom stereocenters. The van der Waals surface area contributed by atoms with E-state index in [2.05, 4.69) is 10.6 Å². The van der Waals surface area contributed by atoms with E-state index in [1.807, 2.05) is 51.1 Å². The van der Waals surface area contributed by atoms with Crippen LogP contribution >= 0.6 is 0 Å². The van der Waals surface area contributed by atoms with Gasteiger partial charge in [0.1, 0.15) is 23.4 Å². The highest BCUT2D eigenvalue weighted by Gasteiger charge is 2.36. The van der Waals surface area contributed by atoms with Crippen LogP contribution in [0, 0.1) is 0 Å². The van der Waals surface area contributed by atoms with Gasteiger partial charge in [0, 0.05) is 19.0 Å². The Bertz CT molecular complexity index is 1050. The number of aromatic hydroxyl groups is 1. The summed E-state index contributed by atoms with van der Waals surface area (Å²) in [7, 11) is 0. The van der Waals surface area contributed by atoms with Crippen molar-refractivity contribution >= 4 is 17.9 Å². The Labute approximate surface area is 233 Å². The van der Waals surface area contributed by atoms with Crippen LogP contribution in [-0.4, -0.2) is 52.1 Å². The lowest BCUT2D eigenvalue weighted by molar-refractivity contribution is -0.142. The molecule has 0 aliphatic carbocycles. The number of unbranched alkanes of at least 4 members (excludes halogenated alkanes) is 1. The number of benzene rings is 2. The molecule has 2 aromatic carbocycles. The maximum Gasteiger partial charge on any atom is 0.408 e. The number of nitrogens with one attached hydrogen (secondary N) is 2. The van der Waals surface area contributed by atoms with Crippen LogP contribution in [0.2, 0.25) is 0 Å². The van der Waals surface area contributed by atoms with Gasteiger partial charge in [-0.25, -0.2) is 4.79 Å². The molecule has 0 spiro atoms. The van der Waals surface area contributed by atoms with Gasteiger partial charge in [0.2, 0.25) is 11.8 Å². The molecule has 39 heavy (non-hydrogen) atoms. The third-order valence-corrected chi connectivity index (χ3v) is 6.19. The van der Waals surface area contributed by atoms with E-state index in [-0.39, 0.29) is 30.0 Å². The Morgan fingerprint density at radius 1 is 0.949 bits per heavy atom. The zero-order chi connectivity index (χ0) is 29.0. The van der Waals surface area contributed by atoms with Gasteiger partial charge in [-0.05, 0) is 63.8 Å². The van der Waals surface area contributed by atoms with Gasteiger partial charge >= 0.3 is 6.09 Å². The molecule has 0 aliphatic heterocycles. The van der Waals surface area contributed by atoms with Crippen molar-refractivity contribution in [3.05, 3.63) is 65.7 Å². The fourth-order valence-electron chi connectivity index (χ4n) is 4.35. The van der Waals surface area contributed by atoms with Crippen LogP contribution in [-0.2, 0) is 20.7 Å². The van der Waals surface area contributed by atoms with Crippen LogP contribution in [0.1, 0.15) is 84.4 Å². The van der Waals surface area contributed by atoms with Crippen molar-refractivity contribution in [3.63, 3.8) is 0 Å². The summed E-state index contributed by atoms with van der Waals surface area (Å²) in [6.07, 6.45) is 2.72. The molecule has 8 nitrogen and oxygen atoms in total. The topological polar surface area (TPSA) is 108 Å². The SMILES string of the molecule is CCCCN(C(=O)C(Cc1ccccc1)NC(=O)OC(C)(C)C)C(C(=O)NC(C)CCC)c1ccc(O)cc1. The largest absolute Gasteiger partial charge is 0.508 e. The normalized spacial score (nSPS) is 13.6. The quantitative estimate of drug-likeness (QED) is 0.311. The van der Waals surface area contributed by atoms with Crippen LogP contribution in [0.4, 0.5) is 4.79 Å². The Balaban J connectivity index is 2.52. The highest BCUT2D eigenvalue weighted by atomic mass is 16.6. The third kappa shape index (κ3) is 10.6. The summed E-state index contributed by atoms with van der Waals surface area (Å²) in [5.41, 5.74) is 0.703. The van der Waals surface area contributed by atoms with Gasteiger partial charge in [-0.15, -0.1) is 0 Å². The number of carbonyl (C=O) groups is 3. The van der Waals surface area contributed by atoms with Crippen molar-refractivity contribution in [2.24, 2.45) is 0 Å². The van der Waals surface area contributed by atoms with E-state index in [0.717, 1.165) is 24.8 Å². The fourth-order valence-corrected chi connectivity index (χ4v) is 4.35. The molecule has 0 radical (unpaired) electrons. The van der Waals surface area contributed by atoms with Gasteiger partial charge in [-0.1, -0.05) is 69.2 Å². The molecule has 0 heterocycles. The number of phenols is 1. The first-order valence-corrected chi connectivity index (χ1v) is 13.9. The zero-order valence-electron chi connectivity index (χ0n) is 24.2. The van der Waals surface area contributed by atoms with E-state index in [1.165, 1.54) is 12.1 Å². The van der Waals surface area contributed by atoms with Gasteiger partial charge in [-0.2, -0.15) is 0 Å². The van der Waals surface area contributed by atoms with E-state index in [0.29, 0.717) is 18.5 Å². The molecule has 0 aromatic heterocycles. The zero-order valence-corrected chi connectivity index (χ0v) is 24.2. The predicted molar refractivity (Wildman–Crippen MR) is 153 cm³/mol. The number of carbonyl (C=O) groups excluding carboxylic acids is 3. The van der Waals surface area contributed by atoms with Gasteiger partial charge in [0.15, 0.2) is 0 Å². The van der Waals surface area contributed by atoms with Crippen LogP contribution in [0.5, 0.6) is 5.75 Å². The number of alkyl carbamates (subject to hydrolysis) is 1. The molecule has 214 valence electrons. The lowest BCUT2D eigenvalue weighted by Crippen LogP contribution is -2.54. The van der Waals surface area contributed by atoms with Crippen molar-refractivity contribution in [1.82, 2.24) is 15.5 Å². The molecular formula is C31H45N3O5. The number of rotatable bonds is 13. The Morgan fingerprint density at radius 3 is 2.15 bits per heavy atom. The average Bonchev–Trinajstić information content (AvgIpc) is 2.86. The average molecular weight is 540 g/mol. The minimum Gasteiger partial charge on any atom is -0.508 e. The summed E-state index contributed by atoms with van der Waals surface area (Å²) in [4.78, 5) is 42.4. The van der Waals surface area contributed by atoms with Crippen molar-refractivity contribution in [2.45, 2.75) is 97.4 Å². The van der Waals surface area contributed by atoms with Crippen LogP contribution in [0.3, 0.4) is 0 Å². The molecule has 3 N–H and O–H groups in total. The Kier molecular flexibility index (Phi) is 12.3. The number of phenolic OH excluding ortho intramolecular Hbond substituents is 1. The number of amides is 3. The molecule has 8 heteroatoms. The second kappa shape index (κ2) is 15.1. The first-order chi connectivity index (χ1) is 18.4. The first kappa shape index (κ1) is 31.7. The van der Waals surface area contributed by atoms with Crippen molar-refractivity contribution in [3.8, 4) is 5.75 Å². The smallest absolute Gasteiger partial charge is 0.408 e. The van der Waals surface area contributed by atoms with Gasteiger partial charge in [-0.3, -0.25) is 9.59 Å². The maximum absolute atomic E-state index is 14.3. The number of hydrogen-bond donors (Lipinski definition) is 3. The van der Waals surface area contributed by atoms with Crippen LogP contribution in [0.25, 0.3) is 0 Å². The van der Waals surface area contributed by atoms with Crippen LogP contribution < -0.4 is 10.6 Å². The van der Waals surface area contributed by atoms with Gasteiger partial charge in [0.25, 0.3) is 0 Å². The highest BCUT2D eigenvalue weighted by molar-refractivity contribution is 5.92. The fraction of sp³-hybridized carbons (Fsp3) is 0.516. The van der Waals surface area contributed by atoms with Crippen LogP contribution in [0.15, 0.2) is 54.6 Å². The third-order valence-electron chi connectivity index (χ3n) is 6.19. The van der Waals surface area contributed by atoms with Crippen molar-refractivity contribution < 1.29 is 24.2 Å². The van der Waals surface area contributed by atoms with E-state index >= 15 is 0 Å². The molecule has 2 rings (SSSR count). The highest BCUT2D eigenvalue weighted by Crippen LogP contribution is 2.26. The van der Waals surface area contributed by atoms with Crippen molar-refractivity contribution in [1.29, 1.82) is 0 Å². The number of hydrogen-bond acceptors (Lipinski definition) is 5. The van der Waals surface area contributed by atoms with Gasteiger partial charge in [0.05, 0.1) is 0 Å². The summed E-state index contributed by atoms with van der Waals surface area (Å²) < 4.78 is 5.47. The molecule has 2 aromatic rings. The lowest BCUT2D eigenvalue weighted by atomic mass is 9.99. The lowest BCUT2D eigenvalue weighted by Gasteiger charge is -2.35. The number of ether oxygens (including phenoxy) is 1. The standard InChI is InChI=1S/C31H45N3O5/c1-7-9-20-34(27(24-16-18-25(35)19-17-24)28(36)32-22(3)13-8-2)29(37)26(21-23-14-11-10-12-15-23)33-30(38)39-31(4,5)6/h10-12,14-19,22,26-27,35H,7-9,13,20-21H2,1-6H3,(H,32,36)(H,33,38). The minimum atomic E-state index is -0.959.